The van der Waals surface area contributed by atoms with Gasteiger partial charge in [0.1, 0.15) is 5.75 Å². The Balaban J connectivity index is 1.59. The van der Waals surface area contributed by atoms with Crippen molar-refractivity contribution < 1.29 is 9.84 Å². The van der Waals surface area contributed by atoms with E-state index in [1.807, 2.05) is 24.3 Å². The van der Waals surface area contributed by atoms with Crippen LogP contribution in [0.3, 0.4) is 0 Å². The van der Waals surface area contributed by atoms with Gasteiger partial charge in [-0.25, -0.2) is 0 Å². The molecule has 1 heterocycles. The van der Waals surface area contributed by atoms with E-state index in [0.717, 1.165) is 33.6 Å². The first kappa shape index (κ1) is 20.0. The third-order valence-corrected chi connectivity index (χ3v) is 5.50. The highest BCUT2D eigenvalue weighted by Gasteiger charge is 2.14. The number of hydrogen-bond acceptors (Lipinski definition) is 3. The largest absolute Gasteiger partial charge is 0.497 e. The number of fused-ring (bicyclic) bond motifs is 1. The Labute approximate surface area is 177 Å². The second kappa shape index (κ2) is 8.64. The molecule has 1 aromatic heterocycles. The maximum Gasteiger partial charge on any atom is 0.118 e. The fraction of sp³-hybridized carbons (Fsp3) is 0.231. The summed E-state index contributed by atoms with van der Waals surface area (Å²) in [7, 11) is 1.67. The quantitative estimate of drug-likeness (QED) is 0.436. The molecule has 2 N–H and O–H groups in total. The lowest BCUT2D eigenvalue weighted by atomic mass is 10.1. The summed E-state index contributed by atoms with van der Waals surface area (Å²) in [6, 6.07) is 24.8. The van der Waals surface area contributed by atoms with Crippen LogP contribution < -0.4 is 10.1 Å². The first-order valence-electron chi connectivity index (χ1n) is 10.3. The number of ether oxygens (including phenoxy) is 1. The van der Waals surface area contributed by atoms with Crippen molar-refractivity contribution in [1.29, 1.82) is 0 Å². The van der Waals surface area contributed by atoms with E-state index >= 15 is 0 Å². The number of aliphatic hydroxyl groups excluding tert-OH is 1. The van der Waals surface area contributed by atoms with E-state index in [9.17, 15) is 5.11 Å². The van der Waals surface area contributed by atoms with Crippen LogP contribution in [0.4, 0.5) is 5.69 Å². The number of benzene rings is 3. The van der Waals surface area contributed by atoms with Gasteiger partial charge in [0.2, 0.25) is 0 Å². The Morgan fingerprint density at radius 3 is 2.47 bits per heavy atom. The monoisotopic (exact) mass is 400 g/mol. The van der Waals surface area contributed by atoms with Crippen molar-refractivity contribution in [3.63, 3.8) is 0 Å². The second-order valence-electron chi connectivity index (χ2n) is 7.78. The molecule has 0 aliphatic heterocycles. The molecule has 0 aliphatic carbocycles. The lowest BCUT2D eigenvalue weighted by Crippen LogP contribution is -2.25. The molecule has 0 saturated carbocycles. The van der Waals surface area contributed by atoms with Crippen molar-refractivity contribution >= 4 is 16.6 Å². The minimum atomic E-state index is -0.529. The van der Waals surface area contributed by atoms with E-state index < -0.39 is 6.10 Å². The zero-order chi connectivity index (χ0) is 21.1. The number of nitrogens with zero attached hydrogens (tertiary/aromatic N) is 1. The number of aryl methyl sites for hydroxylation is 2. The van der Waals surface area contributed by atoms with E-state index in [2.05, 4.69) is 72.3 Å². The summed E-state index contributed by atoms with van der Waals surface area (Å²) >= 11 is 0. The van der Waals surface area contributed by atoms with Crippen LogP contribution in [0.2, 0.25) is 0 Å². The molecule has 0 radical (unpaired) electrons. The summed E-state index contributed by atoms with van der Waals surface area (Å²) in [6.45, 7) is 5.16. The molecule has 0 spiro atoms. The van der Waals surface area contributed by atoms with Crippen LogP contribution in [-0.4, -0.2) is 29.4 Å². The topological polar surface area (TPSA) is 46.4 Å². The molecule has 0 saturated heterocycles. The van der Waals surface area contributed by atoms with E-state index in [-0.39, 0.29) is 0 Å². The molecule has 3 aromatic carbocycles. The van der Waals surface area contributed by atoms with Crippen molar-refractivity contribution in [3.8, 4) is 17.0 Å². The maximum absolute atomic E-state index is 10.8. The van der Waals surface area contributed by atoms with Crippen LogP contribution in [0.15, 0.2) is 72.8 Å². The first-order valence-corrected chi connectivity index (χ1v) is 10.3. The van der Waals surface area contributed by atoms with Crippen molar-refractivity contribution in [2.75, 3.05) is 19.0 Å². The van der Waals surface area contributed by atoms with Gasteiger partial charge in [-0.15, -0.1) is 0 Å². The summed E-state index contributed by atoms with van der Waals surface area (Å²) < 4.78 is 7.49. The SMILES string of the molecule is COc1ccc(-c2cc3ccccc3n2C[C@@H](O)CNc2ccc(C)cc2C)cc1. The maximum atomic E-state index is 10.8. The molecule has 0 aliphatic rings. The first-order chi connectivity index (χ1) is 14.5. The minimum Gasteiger partial charge on any atom is -0.497 e. The van der Waals surface area contributed by atoms with Gasteiger partial charge < -0.3 is 19.7 Å². The second-order valence-corrected chi connectivity index (χ2v) is 7.78. The van der Waals surface area contributed by atoms with Crippen LogP contribution in [0, 0.1) is 13.8 Å². The molecular weight excluding hydrogens is 372 g/mol. The van der Waals surface area contributed by atoms with E-state index in [1.54, 1.807) is 7.11 Å². The number of aliphatic hydroxyl groups is 1. The number of nitrogens with one attached hydrogen (secondary N) is 1. The number of aromatic nitrogens is 1. The number of para-hydroxylation sites is 1. The Bertz CT molecular complexity index is 1150. The van der Waals surface area contributed by atoms with E-state index in [0.29, 0.717) is 13.1 Å². The highest BCUT2D eigenvalue weighted by Crippen LogP contribution is 2.30. The van der Waals surface area contributed by atoms with Gasteiger partial charge >= 0.3 is 0 Å². The Kier molecular flexibility index (Phi) is 5.77. The van der Waals surface area contributed by atoms with Gasteiger partial charge in [-0.05, 0) is 67.4 Å². The third-order valence-electron chi connectivity index (χ3n) is 5.50. The van der Waals surface area contributed by atoms with Crippen LogP contribution >= 0.6 is 0 Å². The Morgan fingerprint density at radius 2 is 1.73 bits per heavy atom. The number of anilines is 1. The summed E-state index contributed by atoms with van der Waals surface area (Å²) in [6.07, 6.45) is -0.529. The lowest BCUT2D eigenvalue weighted by molar-refractivity contribution is 0.169. The van der Waals surface area contributed by atoms with Gasteiger partial charge in [0.15, 0.2) is 0 Å². The van der Waals surface area contributed by atoms with Gasteiger partial charge in [-0.2, -0.15) is 0 Å². The molecule has 4 aromatic rings. The van der Waals surface area contributed by atoms with Crippen LogP contribution in [0.1, 0.15) is 11.1 Å². The van der Waals surface area contributed by atoms with Gasteiger partial charge in [0.25, 0.3) is 0 Å². The van der Waals surface area contributed by atoms with E-state index in [1.165, 1.54) is 11.1 Å². The zero-order valence-corrected chi connectivity index (χ0v) is 17.7. The predicted octanol–water partition coefficient (Wildman–Crippen LogP) is 5.41. The van der Waals surface area contributed by atoms with Gasteiger partial charge in [0, 0.05) is 28.8 Å². The average molecular weight is 401 g/mol. The summed E-state index contributed by atoms with van der Waals surface area (Å²) in [5.41, 5.74) is 6.79. The fourth-order valence-electron chi connectivity index (χ4n) is 3.92. The van der Waals surface area contributed by atoms with Crippen molar-refractivity contribution in [1.82, 2.24) is 4.57 Å². The molecule has 0 fully saturated rings. The van der Waals surface area contributed by atoms with Crippen LogP contribution in [0.25, 0.3) is 22.2 Å². The molecule has 4 heteroatoms. The highest BCUT2D eigenvalue weighted by molar-refractivity contribution is 5.87. The Hall–Kier alpha value is -3.24. The molecule has 1 atom stereocenters. The minimum absolute atomic E-state index is 0.485. The van der Waals surface area contributed by atoms with Gasteiger partial charge in [-0.3, -0.25) is 0 Å². The number of methoxy groups -OCH3 is 1. The lowest BCUT2D eigenvalue weighted by Gasteiger charge is -2.18. The molecule has 4 rings (SSSR count). The highest BCUT2D eigenvalue weighted by atomic mass is 16.5. The molecule has 0 amide bonds. The summed E-state index contributed by atoms with van der Waals surface area (Å²) in [5, 5.41) is 15.4. The van der Waals surface area contributed by atoms with Crippen molar-refractivity contribution in [3.05, 3.63) is 83.9 Å². The fourth-order valence-corrected chi connectivity index (χ4v) is 3.92. The van der Waals surface area contributed by atoms with Gasteiger partial charge in [-0.1, -0.05) is 35.9 Å². The van der Waals surface area contributed by atoms with E-state index in [4.69, 9.17) is 4.74 Å². The smallest absolute Gasteiger partial charge is 0.118 e. The molecule has 30 heavy (non-hydrogen) atoms. The number of hydrogen-bond donors (Lipinski definition) is 2. The molecule has 0 bridgehead atoms. The number of rotatable bonds is 7. The Morgan fingerprint density at radius 1 is 0.967 bits per heavy atom. The molecule has 4 nitrogen and oxygen atoms in total. The summed E-state index contributed by atoms with van der Waals surface area (Å²) in [4.78, 5) is 0. The summed E-state index contributed by atoms with van der Waals surface area (Å²) in [5.74, 6) is 0.833. The van der Waals surface area contributed by atoms with Crippen molar-refractivity contribution in [2.24, 2.45) is 0 Å². The van der Waals surface area contributed by atoms with Crippen LogP contribution in [0.5, 0.6) is 5.75 Å². The van der Waals surface area contributed by atoms with Gasteiger partial charge in [0.05, 0.1) is 19.8 Å². The normalized spacial score (nSPS) is 12.1. The molecule has 0 unspecified atom stereocenters. The third kappa shape index (κ3) is 4.19. The predicted molar refractivity (Wildman–Crippen MR) is 124 cm³/mol. The van der Waals surface area contributed by atoms with Crippen molar-refractivity contribution in [2.45, 2.75) is 26.5 Å². The average Bonchev–Trinajstić information content (AvgIpc) is 3.11. The molecular formula is C26H28N2O2. The molecule has 154 valence electrons. The zero-order valence-electron chi connectivity index (χ0n) is 17.7. The van der Waals surface area contributed by atoms with Crippen LogP contribution in [-0.2, 0) is 6.54 Å². The standard InChI is InChI=1S/C26H28N2O2/c1-18-8-13-24(19(2)14-18)27-16-22(29)17-28-25-7-5-4-6-21(25)15-26(28)20-9-11-23(30-3)12-10-20/h4-15,22,27,29H,16-17H2,1-3H3/t22-/m0/s1.